The molecule has 0 bridgehead atoms. The van der Waals surface area contributed by atoms with Gasteiger partial charge in [0, 0.05) is 27.8 Å². The topological polar surface area (TPSA) is 62.4 Å². The number of aromatic hydroxyl groups is 1. The number of para-hydroxylation sites is 2. The lowest BCUT2D eigenvalue weighted by Crippen LogP contribution is -2.16. The maximum Gasteiger partial charge on any atom is 0.141 e. The predicted molar refractivity (Wildman–Crippen MR) is 140 cm³/mol. The summed E-state index contributed by atoms with van der Waals surface area (Å²) in [7, 11) is 0. The SMILES string of the molecule is CC(C)N=c1cc2n(-c3ccc(Cl)cc3O)c3ccccc3nc-2cc1Nc1ccc(Cl)cc1. The predicted octanol–water partition coefficient (Wildman–Crippen LogP) is 7.20. The van der Waals surface area contributed by atoms with Crippen LogP contribution in [0.15, 0.2) is 83.9 Å². The van der Waals surface area contributed by atoms with Crippen molar-refractivity contribution < 1.29 is 5.11 Å². The van der Waals surface area contributed by atoms with Crippen LogP contribution in [0.1, 0.15) is 13.8 Å². The van der Waals surface area contributed by atoms with Crippen LogP contribution in [0.2, 0.25) is 10.0 Å². The molecule has 3 aromatic carbocycles. The fraction of sp³-hybridized carbons (Fsp3) is 0.111. The first-order valence-electron chi connectivity index (χ1n) is 10.9. The summed E-state index contributed by atoms with van der Waals surface area (Å²) in [5, 5.41) is 16.2. The Morgan fingerprint density at radius 1 is 0.912 bits per heavy atom. The fourth-order valence-corrected chi connectivity index (χ4v) is 4.25. The second-order valence-electron chi connectivity index (χ2n) is 8.28. The smallest absolute Gasteiger partial charge is 0.141 e. The Hall–Kier alpha value is -3.54. The van der Waals surface area contributed by atoms with Gasteiger partial charge in [0.1, 0.15) is 5.75 Å². The normalized spacial score (nSPS) is 12.1. The summed E-state index contributed by atoms with van der Waals surface area (Å²) < 4.78 is 1.99. The number of phenolic OH excluding ortho intramolecular Hbond substituents is 1. The average Bonchev–Trinajstić information content (AvgIpc) is 2.80. The number of fused-ring (bicyclic) bond motifs is 2. The largest absolute Gasteiger partial charge is 0.506 e. The van der Waals surface area contributed by atoms with Gasteiger partial charge in [0.05, 0.1) is 39.2 Å². The zero-order valence-electron chi connectivity index (χ0n) is 18.6. The second kappa shape index (κ2) is 9.01. The maximum absolute atomic E-state index is 10.8. The summed E-state index contributed by atoms with van der Waals surface area (Å²) in [6.07, 6.45) is 0. The minimum Gasteiger partial charge on any atom is -0.506 e. The summed E-state index contributed by atoms with van der Waals surface area (Å²) in [6, 6.07) is 24.5. The van der Waals surface area contributed by atoms with E-state index in [1.54, 1.807) is 12.1 Å². The van der Waals surface area contributed by atoms with Crippen LogP contribution in [-0.4, -0.2) is 20.7 Å². The number of hydrogen-bond acceptors (Lipinski definition) is 4. The third-order valence-corrected chi connectivity index (χ3v) is 5.88. The molecule has 0 saturated carbocycles. The summed E-state index contributed by atoms with van der Waals surface area (Å²) in [4.78, 5) is 9.78. The zero-order chi connectivity index (χ0) is 23.8. The summed E-state index contributed by atoms with van der Waals surface area (Å²) in [5.41, 5.74) is 5.58. The van der Waals surface area contributed by atoms with Gasteiger partial charge in [-0.1, -0.05) is 35.3 Å². The van der Waals surface area contributed by atoms with Crippen LogP contribution in [0.5, 0.6) is 5.75 Å². The Morgan fingerprint density at radius 2 is 1.65 bits per heavy atom. The van der Waals surface area contributed by atoms with Crippen molar-refractivity contribution in [3.63, 3.8) is 0 Å². The van der Waals surface area contributed by atoms with Crippen molar-refractivity contribution in [2.24, 2.45) is 4.99 Å². The third kappa shape index (κ3) is 4.32. The molecule has 1 aliphatic carbocycles. The van der Waals surface area contributed by atoms with Crippen LogP contribution >= 0.6 is 23.2 Å². The molecule has 1 aliphatic heterocycles. The Bertz CT molecular complexity index is 1540. The van der Waals surface area contributed by atoms with E-state index >= 15 is 0 Å². The molecular formula is C27H22Cl2N4O. The number of hydrogen-bond donors (Lipinski definition) is 2. The Kier molecular flexibility index (Phi) is 5.90. The van der Waals surface area contributed by atoms with Gasteiger partial charge in [-0.2, -0.15) is 0 Å². The number of benzene rings is 4. The van der Waals surface area contributed by atoms with Gasteiger partial charge in [0.15, 0.2) is 0 Å². The van der Waals surface area contributed by atoms with Crippen LogP contribution in [0.25, 0.3) is 28.1 Å². The van der Waals surface area contributed by atoms with Crippen molar-refractivity contribution in [2.45, 2.75) is 19.9 Å². The summed E-state index contributed by atoms with van der Waals surface area (Å²) in [5.74, 6) is 0.0841. The molecular weight excluding hydrogens is 467 g/mol. The van der Waals surface area contributed by atoms with Gasteiger partial charge in [0.2, 0.25) is 0 Å². The van der Waals surface area contributed by atoms with Gasteiger partial charge in [-0.15, -0.1) is 0 Å². The molecule has 0 saturated heterocycles. The van der Waals surface area contributed by atoms with Gasteiger partial charge >= 0.3 is 0 Å². The first-order valence-corrected chi connectivity index (χ1v) is 11.7. The number of nitrogens with one attached hydrogen (secondary N) is 1. The van der Waals surface area contributed by atoms with Crippen molar-refractivity contribution in [1.82, 2.24) is 9.55 Å². The van der Waals surface area contributed by atoms with Gasteiger partial charge in [-0.05, 0) is 74.5 Å². The molecule has 2 N–H and O–H groups in total. The summed E-state index contributed by atoms with van der Waals surface area (Å²) in [6.45, 7) is 4.07. The van der Waals surface area contributed by atoms with Gasteiger partial charge in [-0.25, -0.2) is 4.98 Å². The van der Waals surface area contributed by atoms with Crippen molar-refractivity contribution in [3.05, 3.63) is 94.3 Å². The molecule has 170 valence electrons. The molecule has 0 fully saturated rings. The molecule has 5 rings (SSSR count). The van der Waals surface area contributed by atoms with Crippen LogP contribution in [0.3, 0.4) is 0 Å². The molecule has 0 unspecified atom stereocenters. The van der Waals surface area contributed by atoms with E-state index in [0.29, 0.717) is 15.7 Å². The molecule has 34 heavy (non-hydrogen) atoms. The van der Waals surface area contributed by atoms with Crippen LogP contribution in [0.4, 0.5) is 11.4 Å². The van der Waals surface area contributed by atoms with Crippen molar-refractivity contribution in [1.29, 1.82) is 0 Å². The van der Waals surface area contributed by atoms with E-state index in [4.69, 9.17) is 33.2 Å². The number of nitrogens with zero attached hydrogens (tertiary/aromatic N) is 3. The molecule has 0 spiro atoms. The number of aromatic nitrogens is 2. The van der Waals surface area contributed by atoms with E-state index in [1.165, 1.54) is 0 Å². The average molecular weight is 489 g/mol. The molecule has 5 nitrogen and oxygen atoms in total. The Morgan fingerprint density at radius 3 is 2.38 bits per heavy atom. The molecule has 0 atom stereocenters. The monoisotopic (exact) mass is 488 g/mol. The van der Waals surface area contributed by atoms with Crippen molar-refractivity contribution in [3.8, 4) is 22.8 Å². The second-order valence-corrected chi connectivity index (χ2v) is 9.15. The minimum absolute atomic E-state index is 0.0778. The number of halogens is 2. The quantitative estimate of drug-likeness (QED) is 0.263. The van der Waals surface area contributed by atoms with E-state index in [9.17, 15) is 5.11 Å². The van der Waals surface area contributed by atoms with Crippen LogP contribution in [-0.2, 0) is 0 Å². The van der Waals surface area contributed by atoms with E-state index in [1.807, 2.05) is 85.1 Å². The van der Waals surface area contributed by atoms with Crippen molar-refractivity contribution >= 4 is 45.6 Å². The Balaban J connectivity index is 1.83. The molecule has 3 aromatic rings. The van der Waals surface area contributed by atoms with Gasteiger partial charge < -0.3 is 15.0 Å². The molecule has 7 heteroatoms. The standard InChI is InChI=1S/C27H22Cl2N4O/c1-16(2)30-22-15-26-23(14-21(22)31-19-10-7-17(28)8-11-19)32-20-5-3-4-6-24(20)33(26)25-12-9-18(29)13-27(25)34/h3-16,31,34H,1-2H3. The highest BCUT2D eigenvalue weighted by Crippen LogP contribution is 2.34. The highest BCUT2D eigenvalue weighted by molar-refractivity contribution is 6.31. The first-order chi connectivity index (χ1) is 16.4. The minimum atomic E-state index is 0.0778. The lowest BCUT2D eigenvalue weighted by molar-refractivity contribution is 0.473. The van der Waals surface area contributed by atoms with Gasteiger partial charge in [0.25, 0.3) is 0 Å². The maximum atomic E-state index is 10.8. The summed E-state index contributed by atoms with van der Waals surface area (Å²) >= 11 is 12.2. The molecule has 0 amide bonds. The highest BCUT2D eigenvalue weighted by atomic mass is 35.5. The molecule has 2 aliphatic rings. The molecule has 0 radical (unpaired) electrons. The van der Waals surface area contributed by atoms with E-state index in [0.717, 1.165) is 39.2 Å². The third-order valence-electron chi connectivity index (χ3n) is 5.40. The Labute approximate surface area is 207 Å². The van der Waals surface area contributed by atoms with Crippen molar-refractivity contribution in [2.75, 3.05) is 5.32 Å². The van der Waals surface area contributed by atoms with Crippen LogP contribution in [0, 0.1) is 0 Å². The number of phenols is 1. The lowest BCUT2D eigenvalue weighted by Gasteiger charge is -2.21. The van der Waals surface area contributed by atoms with Gasteiger partial charge in [-0.3, -0.25) is 4.99 Å². The van der Waals surface area contributed by atoms with Crippen LogP contribution < -0.4 is 10.7 Å². The first kappa shape index (κ1) is 22.3. The lowest BCUT2D eigenvalue weighted by atomic mass is 10.1. The highest BCUT2D eigenvalue weighted by Gasteiger charge is 2.18. The zero-order valence-corrected chi connectivity index (χ0v) is 20.1. The number of rotatable bonds is 4. The fourth-order valence-electron chi connectivity index (χ4n) is 3.96. The van der Waals surface area contributed by atoms with E-state index in [2.05, 4.69) is 5.32 Å². The van der Waals surface area contributed by atoms with E-state index < -0.39 is 0 Å². The molecule has 1 heterocycles. The van der Waals surface area contributed by atoms with E-state index in [-0.39, 0.29) is 11.8 Å². The molecule has 0 aromatic heterocycles. The number of anilines is 2.